The monoisotopic (exact) mass is 447 g/mol. The van der Waals surface area contributed by atoms with Crippen molar-refractivity contribution in [1.29, 1.82) is 0 Å². The van der Waals surface area contributed by atoms with Crippen molar-refractivity contribution in [2.75, 3.05) is 7.11 Å². The van der Waals surface area contributed by atoms with Gasteiger partial charge in [-0.25, -0.2) is 4.79 Å². The largest absolute Gasteiger partial charge is 0.497 e. The van der Waals surface area contributed by atoms with E-state index in [0.717, 1.165) is 10.9 Å². The number of methoxy groups -OCH3 is 1. The Hall–Kier alpha value is -3.74. The van der Waals surface area contributed by atoms with Crippen LogP contribution in [0.15, 0.2) is 60.5 Å². The van der Waals surface area contributed by atoms with Crippen LogP contribution >= 0.6 is 0 Å². The highest BCUT2D eigenvalue weighted by Crippen LogP contribution is 2.41. The number of carbonyl (C=O) groups is 2. The van der Waals surface area contributed by atoms with Crippen LogP contribution in [0.3, 0.4) is 0 Å². The van der Waals surface area contributed by atoms with E-state index in [-0.39, 0.29) is 5.78 Å². The second-order valence-corrected chi connectivity index (χ2v) is 9.18. The fourth-order valence-electron chi connectivity index (χ4n) is 4.27. The third-order valence-electron chi connectivity index (χ3n) is 5.78. The predicted molar refractivity (Wildman–Crippen MR) is 122 cm³/mol. The van der Waals surface area contributed by atoms with E-state index in [4.69, 9.17) is 18.9 Å². The fraction of sp³-hybridized carbons (Fsp3) is 0.308. The predicted octanol–water partition coefficient (Wildman–Crippen LogP) is 5.42. The fourth-order valence-corrected chi connectivity index (χ4v) is 4.27. The van der Waals surface area contributed by atoms with E-state index in [1.54, 1.807) is 31.5 Å². The van der Waals surface area contributed by atoms with Crippen LogP contribution in [-0.4, -0.2) is 35.3 Å². The lowest BCUT2D eigenvalue weighted by molar-refractivity contribution is 0.0531. The number of hydrogen-bond donors (Lipinski definition) is 0. The Bertz CT molecular complexity index is 1300. The molecule has 2 aliphatic rings. The topological polar surface area (TPSA) is 76.0 Å². The maximum Gasteiger partial charge on any atom is 0.419 e. The molecule has 3 aromatic rings. The Morgan fingerprint density at radius 2 is 1.91 bits per heavy atom. The highest BCUT2D eigenvalue weighted by Gasteiger charge is 2.38. The molecule has 2 aromatic carbocycles. The summed E-state index contributed by atoms with van der Waals surface area (Å²) in [6.07, 6.45) is 2.32. The molecule has 170 valence electrons. The second kappa shape index (κ2) is 7.69. The van der Waals surface area contributed by atoms with Crippen molar-refractivity contribution in [1.82, 2.24) is 4.57 Å². The molecule has 5 rings (SSSR count). The molecule has 0 N–H and O–H groups in total. The Morgan fingerprint density at radius 1 is 1.12 bits per heavy atom. The van der Waals surface area contributed by atoms with E-state index < -0.39 is 23.9 Å². The zero-order valence-corrected chi connectivity index (χ0v) is 19.0. The molecule has 2 aliphatic heterocycles. The lowest BCUT2D eigenvalue weighted by Crippen LogP contribution is -2.34. The molecule has 0 spiro atoms. The molecule has 3 heterocycles. The van der Waals surface area contributed by atoms with Crippen molar-refractivity contribution in [2.24, 2.45) is 0 Å². The smallest absolute Gasteiger partial charge is 0.419 e. The van der Waals surface area contributed by atoms with E-state index in [0.29, 0.717) is 34.6 Å². The minimum Gasteiger partial charge on any atom is -0.497 e. The normalized spacial score (nSPS) is 19.6. The number of Topliss-reactive ketones (excluding diaryl/α,β-unsaturated/α-hetero) is 1. The van der Waals surface area contributed by atoms with Crippen LogP contribution in [0.2, 0.25) is 0 Å². The van der Waals surface area contributed by atoms with Crippen LogP contribution in [0.5, 0.6) is 11.5 Å². The summed E-state index contributed by atoms with van der Waals surface area (Å²) in [5, 5.41) is 0.810. The summed E-state index contributed by atoms with van der Waals surface area (Å²) in [7, 11) is 1.59. The molecule has 0 radical (unpaired) electrons. The molecule has 0 saturated heterocycles. The summed E-state index contributed by atoms with van der Waals surface area (Å²) in [5.41, 5.74) is 1.87. The van der Waals surface area contributed by atoms with Gasteiger partial charge in [-0.1, -0.05) is 12.1 Å². The van der Waals surface area contributed by atoms with Crippen molar-refractivity contribution in [3.05, 3.63) is 71.6 Å². The van der Waals surface area contributed by atoms with Gasteiger partial charge in [0.1, 0.15) is 29.3 Å². The molecule has 1 aromatic heterocycles. The molecule has 0 bridgehead atoms. The van der Waals surface area contributed by atoms with Crippen LogP contribution in [0.25, 0.3) is 10.9 Å². The number of ether oxygens (including phenoxy) is 4. The van der Waals surface area contributed by atoms with Crippen LogP contribution in [0.1, 0.15) is 49.2 Å². The molecule has 33 heavy (non-hydrogen) atoms. The molecule has 0 unspecified atom stereocenters. The van der Waals surface area contributed by atoms with Gasteiger partial charge in [-0.3, -0.25) is 9.36 Å². The number of carbonyl (C=O) groups excluding carboxylic acids is 2. The first-order valence-electron chi connectivity index (χ1n) is 10.8. The van der Waals surface area contributed by atoms with Gasteiger partial charge in [-0.05, 0) is 51.1 Å². The van der Waals surface area contributed by atoms with E-state index in [9.17, 15) is 9.59 Å². The third kappa shape index (κ3) is 3.73. The second-order valence-electron chi connectivity index (χ2n) is 9.18. The number of hydrogen-bond acceptors (Lipinski definition) is 6. The van der Waals surface area contributed by atoms with Crippen molar-refractivity contribution in [3.8, 4) is 11.5 Å². The molecule has 7 nitrogen and oxygen atoms in total. The average Bonchev–Trinajstić information content (AvgIpc) is 3.17. The van der Waals surface area contributed by atoms with E-state index in [1.165, 1.54) is 10.8 Å². The molecule has 0 fully saturated rings. The number of benzene rings is 2. The van der Waals surface area contributed by atoms with Gasteiger partial charge in [0, 0.05) is 23.6 Å². The van der Waals surface area contributed by atoms with Gasteiger partial charge in [0.25, 0.3) is 0 Å². The average molecular weight is 447 g/mol. The Labute approximate surface area is 191 Å². The van der Waals surface area contributed by atoms with Gasteiger partial charge in [0.2, 0.25) is 0 Å². The zero-order valence-electron chi connectivity index (χ0n) is 19.0. The highest BCUT2D eigenvalue weighted by atomic mass is 16.6. The highest BCUT2D eigenvalue weighted by molar-refractivity contribution is 6.12. The number of nitrogens with zero attached hydrogens (tertiary/aromatic N) is 1. The van der Waals surface area contributed by atoms with Gasteiger partial charge in [-0.15, -0.1) is 0 Å². The number of fused-ring (bicyclic) bond motifs is 3. The Morgan fingerprint density at radius 3 is 2.67 bits per heavy atom. The van der Waals surface area contributed by atoms with Crippen LogP contribution < -0.4 is 9.47 Å². The van der Waals surface area contributed by atoms with Crippen molar-refractivity contribution in [2.45, 2.75) is 45.0 Å². The maximum absolute atomic E-state index is 12.9. The summed E-state index contributed by atoms with van der Waals surface area (Å²) < 4.78 is 24.7. The van der Waals surface area contributed by atoms with Crippen molar-refractivity contribution >= 4 is 22.8 Å². The van der Waals surface area contributed by atoms with Crippen LogP contribution in [0, 0.1) is 0 Å². The van der Waals surface area contributed by atoms with Gasteiger partial charge >= 0.3 is 6.09 Å². The van der Waals surface area contributed by atoms with Gasteiger partial charge < -0.3 is 18.9 Å². The minimum atomic E-state index is -0.636. The van der Waals surface area contributed by atoms with Crippen molar-refractivity contribution in [3.63, 3.8) is 0 Å². The Kier molecular flexibility index (Phi) is 4.92. The Balaban J connectivity index is 1.54. The quantitative estimate of drug-likeness (QED) is 0.522. The standard InChI is InChI=1S/C26H25NO6/c1-26(2,3)33-25(29)27-13-18(17-11-15(30-4)9-10-20(17)27)22-12-23-19(14-31-22)24(28)16-7-5-6-8-21(16)32-23/h5-11,13-14,22-23H,12H2,1-4H3/t22-,23-/m1/s1. The molecule has 0 saturated carbocycles. The molecular formula is C26H25NO6. The zero-order chi connectivity index (χ0) is 23.3. The van der Waals surface area contributed by atoms with Crippen LogP contribution in [-0.2, 0) is 9.47 Å². The first kappa shape index (κ1) is 21.1. The third-order valence-corrected chi connectivity index (χ3v) is 5.78. The lowest BCUT2D eigenvalue weighted by Gasteiger charge is -2.33. The lowest BCUT2D eigenvalue weighted by atomic mass is 9.89. The molecule has 0 aliphatic carbocycles. The van der Waals surface area contributed by atoms with Crippen molar-refractivity contribution < 1.29 is 28.5 Å². The summed E-state index contributed by atoms with van der Waals surface area (Å²) >= 11 is 0. The van der Waals surface area contributed by atoms with Gasteiger partial charge in [-0.2, -0.15) is 0 Å². The number of ketones is 1. The first-order valence-corrected chi connectivity index (χ1v) is 10.8. The number of aromatic nitrogens is 1. The maximum atomic E-state index is 12.9. The molecule has 2 atom stereocenters. The first-order chi connectivity index (χ1) is 15.7. The molecular weight excluding hydrogens is 422 g/mol. The van der Waals surface area contributed by atoms with Gasteiger partial charge in [0.05, 0.1) is 30.0 Å². The summed E-state index contributed by atoms with van der Waals surface area (Å²) in [6.45, 7) is 5.48. The van der Waals surface area contributed by atoms with E-state index in [1.807, 2.05) is 45.0 Å². The van der Waals surface area contributed by atoms with Crippen LogP contribution in [0.4, 0.5) is 4.79 Å². The van der Waals surface area contributed by atoms with E-state index in [2.05, 4.69) is 0 Å². The summed E-state index contributed by atoms with van der Waals surface area (Å²) in [4.78, 5) is 25.8. The number of para-hydroxylation sites is 1. The summed E-state index contributed by atoms with van der Waals surface area (Å²) in [6, 6.07) is 12.7. The minimum absolute atomic E-state index is 0.0850. The molecule has 0 amide bonds. The van der Waals surface area contributed by atoms with E-state index >= 15 is 0 Å². The van der Waals surface area contributed by atoms with Gasteiger partial charge in [0.15, 0.2) is 5.78 Å². The molecule has 7 heteroatoms. The number of rotatable bonds is 2. The SMILES string of the molecule is COc1ccc2c(c1)c([C@H]1C[C@H]3Oc4ccccc4C(=O)C3=CO1)cn2C(=O)OC(C)(C)C. The summed E-state index contributed by atoms with van der Waals surface area (Å²) in [5.74, 6) is 1.15.